The summed E-state index contributed by atoms with van der Waals surface area (Å²) in [7, 11) is 1.65. The Hall–Kier alpha value is -1.59. The summed E-state index contributed by atoms with van der Waals surface area (Å²) in [5.41, 5.74) is 1.16. The van der Waals surface area contributed by atoms with Gasteiger partial charge in [0.25, 0.3) is 0 Å². The standard InChI is InChI=1S/C15H20N2O2S/c1-12-17-13(11-20-12)7-8-16-9-10-19-15-6-4-3-5-14(15)18-2/h3-6,11,16H,7-10H2,1-2H3. The largest absolute Gasteiger partial charge is 0.493 e. The topological polar surface area (TPSA) is 43.4 Å². The molecule has 1 N–H and O–H groups in total. The first kappa shape index (κ1) is 14.8. The van der Waals surface area contributed by atoms with E-state index in [2.05, 4.69) is 15.7 Å². The molecule has 1 aromatic carbocycles. The molecule has 0 spiro atoms. The van der Waals surface area contributed by atoms with E-state index in [9.17, 15) is 0 Å². The van der Waals surface area contributed by atoms with Gasteiger partial charge in [-0.2, -0.15) is 0 Å². The first-order valence-electron chi connectivity index (χ1n) is 6.67. The number of hydrogen-bond donors (Lipinski definition) is 1. The molecule has 20 heavy (non-hydrogen) atoms. The van der Waals surface area contributed by atoms with E-state index in [0.29, 0.717) is 6.61 Å². The molecule has 4 nitrogen and oxygen atoms in total. The van der Waals surface area contributed by atoms with Crippen molar-refractivity contribution in [2.24, 2.45) is 0 Å². The Morgan fingerprint density at radius 1 is 1.20 bits per heavy atom. The Bertz CT molecular complexity index is 528. The minimum atomic E-state index is 0.621. The maximum atomic E-state index is 5.68. The number of rotatable bonds is 8. The molecule has 0 saturated carbocycles. The fraction of sp³-hybridized carbons (Fsp3) is 0.400. The van der Waals surface area contributed by atoms with E-state index in [0.717, 1.165) is 41.7 Å². The van der Waals surface area contributed by atoms with E-state index in [-0.39, 0.29) is 0 Å². The van der Waals surface area contributed by atoms with Crippen molar-refractivity contribution < 1.29 is 9.47 Å². The summed E-state index contributed by atoms with van der Waals surface area (Å²) < 4.78 is 10.9. The van der Waals surface area contributed by atoms with Gasteiger partial charge in [-0.3, -0.25) is 0 Å². The van der Waals surface area contributed by atoms with Crippen LogP contribution in [0.15, 0.2) is 29.6 Å². The fourth-order valence-corrected chi connectivity index (χ4v) is 2.48. The monoisotopic (exact) mass is 292 g/mol. The molecule has 5 heteroatoms. The maximum absolute atomic E-state index is 5.68. The van der Waals surface area contributed by atoms with Gasteiger partial charge in [-0.05, 0) is 19.1 Å². The van der Waals surface area contributed by atoms with Crippen molar-refractivity contribution in [3.8, 4) is 11.5 Å². The Balaban J connectivity index is 1.62. The number of hydrogen-bond acceptors (Lipinski definition) is 5. The van der Waals surface area contributed by atoms with Crippen molar-refractivity contribution in [2.45, 2.75) is 13.3 Å². The summed E-state index contributed by atoms with van der Waals surface area (Å²) in [6.45, 7) is 4.37. The lowest BCUT2D eigenvalue weighted by atomic mass is 10.3. The molecule has 0 aliphatic carbocycles. The number of nitrogens with zero attached hydrogens (tertiary/aromatic N) is 1. The van der Waals surface area contributed by atoms with E-state index < -0.39 is 0 Å². The Kier molecular flexibility index (Phi) is 5.83. The highest BCUT2D eigenvalue weighted by Crippen LogP contribution is 2.25. The Morgan fingerprint density at radius 3 is 2.70 bits per heavy atom. The summed E-state index contributed by atoms with van der Waals surface area (Å²) in [5.74, 6) is 1.55. The summed E-state index contributed by atoms with van der Waals surface area (Å²) in [5, 5.41) is 6.59. The number of methoxy groups -OCH3 is 1. The number of ether oxygens (including phenoxy) is 2. The third kappa shape index (κ3) is 4.51. The molecule has 0 unspecified atom stereocenters. The van der Waals surface area contributed by atoms with Crippen LogP contribution in [0.5, 0.6) is 11.5 Å². The van der Waals surface area contributed by atoms with Crippen molar-refractivity contribution in [3.63, 3.8) is 0 Å². The normalized spacial score (nSPS) is 10.5. The maximum Gasteiger partial charge on any atom is 0.161 e. The van der Waals surface area contributed by atoms with Crippen LogP contribution in [0, 0.1) is 6.92 Å². The zero-order valence-electron chi connectivity index (χ0n) is 11.9. The molecule has 0 saturated heterocycles. The summed E-state index contributed by atoms with van der Waals surface area (Å²) in [6.07, 6.45) is 0.957. The van der Waals surface area contributed by atoms with Gasteiger partial charge in [0.15, 0.2) is 11.5 Å². The van der Waals surface area contributed by atoms with Crippen LogP contribution in [-0.2, 0) is 6.42 Å². The average Bonchev–Trinajstić information content (AvgIpc) is 2.88. The molecule has 0 atom stereocenters. The van der Waals surface area contributed by atoms with Gasteiger partial charge < -0.3 is 14.8 Å². The van der Waals surface area contributed by atoms with E-state index in [1.165, 1.54) is 0 Å². The van der Waals surface area contributed by atoms with Crippen LogP contribution in [0.3, 0.4) is 0 Å². The third-order valence-corrected chi connectivity index (χ3v) is 3.65. The lowest BCUT2D eigenvalue weighted by Crippen LogP contribution is -2.23. The van der Waals surface area contributed by atoms with Crippen LogP contribution < -0.4 is 14.8 Å². The van der Waals surface area contributed by atoms with Crippen LogP contribution in [0.2, 0.25) is 0 Å². The molecule has 1 aromatic heterocycles. The molecule has 2 rings (SSSR count). The molecule has 108 valence electrons. The van der Waals surface area contributed by atoms with Crippen molar-refractivity contribution in [1.82, 2.24) is 10.3 Å². The SMILES string of the molecule is COc1ccccc1OCCNCCc1csc(C)n1. The quantitative estimate of drug-likeness (QED) is 0.760. The van der Waals surface area contributed by atoms with Gasteiger partial charge in [-0.25, -0.2) is 4.98 Å². The Morgan fingerprint density at radius 2 is 2.00 bits per heavy atom. The first-order chi connectivity index (χ1) is 9.79. The number of benzene rings is 1. The van der Waals surface area contributed by atoms with Crippen LogP contribution in [0.4, 0.5) is 0 Å². The zero-order valence-corrected chi connectivity index (χ0v) is 12.7. The van der Waals surface area contributed by atoms with Gasteiger partial charge in [0.1, 0.15) is 6.61 Å². The molecule has 0 bridgehead atoms. The predicted octanol–water partition coefficient (Wildman–Crippen LogP) is 2.67. The van der Waals surface area contributed by atoms with Crippen molar-refractivity contribution in [3.05, 3.63) is 40.3 Å². The molecule has 0 fully saturated rings. The first-order valence-corrected chi connectivity index (χ1v) is 7.55. The molecule has 2 aromatic rings. The zero-order chi connectivity index (χ0) is 14.2. The minimum absolute atomic E-state index is 0.621. The number of thiazole rings is 1. The number of aromatic nitrogens is 1. The summed E-state index contributed by atoms with van der Waals surface area (Å²) >= 11 is 1.70. The van der Waals surface area contributed by atoms with E-state index >= 15 is 0 Å². The highest BCUT2D eigenvalue weighted by Gasteiger charge is 2.02. The van der Waals surface area contributed by atoms with Crippen molar-refractivity contribution >= 4 is 11.3 Å². The summed E-state index contributed by atoms with van der Waals surface area (Å²) in [4.78, 5) is 4.43. The van der Waals surface area contributed by atoms with Gasteiger partial charge in [-0.1, -0.05) is 12.1 Å². The van der Waals surface area contributed by atoms with E-state index in [1.807, 2.05) is 31.2 Å². The number of nitrogens with one attached hydrogen (secondary N) is 1. The van der Waals surface area contributed by atoms with Crippen molar-refractivity contribution in [1.29, 1.82) is 0 Å². The van der Waals surface area contributed by atoms with Gasteiger partial charge in [-0.15, -0.1) is 11.3 Å². The van der Waals surface area contributed by atoms with Crippen LogP contribution in [0.1, 0.15) is 10.7 Å². The van der Waals surface area contributed by atoms with E-state index in [4.69, 9.17) is 9.47 Å². The second-order valence-corrected chi connectivity index (χ2v) is 5.42. The highest BCUT2D eigenvalue weighted by molar-refractivity contribution is 7.09. The summed E-state index contributed by atoms with van der Waals surface area (Å²) in [6, 6.07) is 7.68. The molecular formula is C15H20N2O2S. The second kappa shape index (κ2) is 7.87. The highest BCUT2D eigenvalue weighted by atomic mass is 32.1. The average molecular weight is 292 g/mol. The molecule has 0 aliphatic rings. The number of aryl methyl sites for hydroxylation is 1. The van der Waals surface area contributed by atoms with Gasteiger partial charge >= 0.3 is 0 Å². The lowest BCUT2D eigenvalue weighted by Gasteiger charge is -2.10. The molecule has 1 heterocycles. The molecule has 0 radical (unpaired) electrons. The minimum Gasteiger partial charge on any atom is -0.493 e. The van der Waals surface area contributed by atoms with Gasteiger partial charge in [0, 0.05) is 24.9 Å². The predicted molar refractivity (Wildman–Crippen MR) is 81.9 cm³/mol. The molecule has 0 amide bonds. The van der Waals surface area contributed by atoms with Crippen LogP contribution in [-0.4, -0.2) is 31.8 Å². The fourth-order valence-electron chi connectivity index (χ4n) is 1.84. The third-order valence-electron chi connectivity index (χ3n) is 2.83. The Labute approximate surface area is 123 Å². The van der Waals surface area contributed by atoms with Gasteiger partial charge in [0.05, 0.1) is 17.8 Å². The van der Waals surface area contributed by atoms with Gasteiger partial charge in [0.2, 0.25) is 0 Å². The lowest BCUT2D eigenvalue weighted by molar-refractivity contribution is 0.292. The van der Waals surface area contributed by atoms with Crippen LogP contribution >= 0.6 is 11.3 Å². The van der Waals surface area contributed by atoms with E-state index in [1.54, 1.807) is 18.4 Å². The molecular weight excluding hydrogens is 272 g/mol. The molecule has 0 aliphatic heterocycles. The van der Waals surface area contributed by atoms with Crippen molar-refractivity contribution in [2.75, 3.05) is 26.8 Å². The second-order valence-electron chi connectivity index (χ2n) is 4.36. The number of para-hydroxylation sites is 2. The smallest absolute Gasteiger partial charge is 0.161 e. The van der Waals surface area contributed by atoms with Crippen LogP contribution in [0.25, 0.3) is 0 Å².